The first-order valence-electron chi connectivity index (χ1n) is 4.86. The van der Waals surface area contributed by atoms with Crippen molar-refractivity contribution in [3.05, 3.63) is 36.1 Å². The van der Waals surface area contributed by atoms with Gasteiger partial charge < -0.3 is 4.74 Å². The topological polar surface area (TPSA) is 26.3 Å². The Balaban J connectivity index is 4.18. The van der Waals surface area contributed by atoms with Gasteiger partial charge in [0.1, 0.15) is 6.61 Å². The lowest BCUT2D eigenvalue weighted by molar-refractivity contribution is -0.114. The normalized spacial score (nSPS) is 11.8. The monoisotopic (exact) mass is 226 g/mol. The van der Waals surface area contributed by atoms with Crippen LogP contribution in [0, 0.1) is 0 Å². The van der Waals surface area contributed by atoms with Gasteiger partial charge in [0.2, 0.25) is 0 Å². The fourth-order valence-corrected chi connectivity index (χ4v) is 1.02. The number of thiol groups is 1. The molecule has 0 aromatic carbocycles. The zero-order chi connectivity index (χ0) is 11.7. The highest BCUT2D eigenvalue weighted by Gasteiger charge is 2.02. The van der Waals surface area contributed by atoms with Gasteiger partial charge in [-0.1, -0.05) is 18.7 Å². The van der Waals surface area contributed by atoms with Crippen LogP contribution in [0.1, 0.15) is 20.3 Å². The number of carbonyl (C=O) groups is 1. The van der Waals surface area contributed by atoms with E-state index in [0.29, 0.717) is 5.57 Å². The van der Waals surface area contributed by atoms with Gasteiger partial charge in [0.15, 0.2) is 5.78 Å². The van der Waals surface area contributed by atoms with Crippen molar-refractivity contribution in [2.45, 2.75) is 20.3 Å². The van der Waals surface area contributed by atoms with Crippen molar-refractivity contribution < 1.29 is 9.53 Å². The summed E-state index contributed by atoms with van der Waals surface area (Å²) >= 11 is 4.13. The lowest BCUT2D eigenvalue weighted by atomic mass is 10.2. The second-order valence-electron chi connectivity index (χ2n) is 3.08. The van der Waals surface area contributed by atoms with Gasteiger partial charge in [-0.3, -0.25) is 4.79 Å². The Morgan fingerprint density at radius 2 is 2.20 bits per heavy atom. The Kier molecular flexibility index (Phi) is 7.82. The number of hydrogen-bond donors (Lipinski definition) is 1. The predicted molar refractivity (Wildman–Crippen MR) is 67.1 cm³/mol. The van der Waals surface area contributed by atoms with Crippen LogP contribution in [-0.2, 0) is 9.53 Å². The molecule has 0 aliphatic heterocycles. The summed E-state index contributed by atoms with van der Waals surface area (Å²) < 4.78 is 5.45. The average Bonchev–Trinajstić information content (AvgIpc) is 2.21. The van der Waals surface area contributed by atoms with E-state index in [1.165, 1.54) is 6.92 Å². The highest BCUT2D eigenvalue weighted by Crippen LogP contribution is 2.07. The first kappa shape index (κ1) is 14.0. The van der Waals surface area contributed by atoms with Crippen LogP contribution in [0.15, 0.2) is 36.1 Å². The molecule has 0 heterocycles. The van der Waals surface area contributed by atoms with Crippen molar-refractivity contribution in [3.8, 4) is 0 Å². The first-order valence-corrected chi connectivity index (χ1v) is 5.49. The molecule has 0 saturated carbocycles. The molecular weight excluding hydrogens is 208 g/mol. The van der Waals surface area contributed by atoms with Crippen molar-refractivity contribution in [2.24, 2.45) is 0 Å². The number of hydrogen-bond acceptors (Lipinski definition) is 3. The van der Waals surface area contributed by atoms with Crippen LogP contribution in [-0.4, -0.2) is 18.1 Å². The van der Waals surface area contributed by atoms with E-state index in [2.05, 4.69) is 19.2 Å². The highest BCUT2D eigenvalue weighted by molar-refractivity contribution is 7.80. The molecule has 0 aromatic rings. The van der Waals surface area contributed by atoms with Crippen LogP contribution < -0.4 is 0 Å². The summed E-state index contributed by atoms with van der Waals surface area (Å²) in [5, 5.41) is 0. The first-order chi connectivity index (χ1) is 7.11. The standard InChI is InChI=1S/C12H18O2S/c1-4-5-6-12(7-8-15)14-9-10(2)11(3)13/h4-6,15H,2,7-9H2,1,3H3/b5-4-,12-6+. The molecule has 0 amide bonds. The minimum atomic E-state index is -0.0359. The summed E-state index contributed by atoms with van der Waals surface area (Å²) in [5.41, 5.74) is 0.487. The quantitative estimate of drug-likeness (QED) is 0.313. The molecule has 0 saturated heterocycles. The van der Waals surface area contributed by atoms with Crippen LogP contribution in [0.25, 0.3) is 0 Å². The zero-order valence-electron chi connectivity index (χ0n) is 9.32. The van der Waals surface area contributed by atoms with E-state index in [-0.39, 0.29) is 12.4 Å². The van der Waals surface area contributed by atoms with E-state index in [9.17, 15) is 4.79 Å². The summed E-state index contributed by atoms with van der Waals surface area (Å²) in [6, 6.07) is 0. The fourth-order valence-electron chi connectivity index (χ4n) is 0.799. The van der Waals surface area contributed by atoms with Crippen molar-refractivity contribution in [2.75, 3.05) is 12.4 Å². The fraction of sp³-hybridized carbons (Fsp3) is 0.417. The summed E-state index contributed by atoms with van der Waals surface area (Å²) in [7, 11) is 0. The molecule has 0 N–H and O–H groups in total. The van der Waals surface area contributed by atoms with Gasteiger partial charge in [0, 0.05) is 12.0 Å². The molecule has 2 nitrogen and oxygen atoms in total. The molecule has 0 aliphatic carbocycles. The summed E-state index contributed by atoms with van der Waals surface area (Å²) in [5.74, 6) is 1.51. The second kappa shape index (κ2) is 8.36. The van der Waals surface area contributed by atoms with Gasteiger partial charge in [-0.05, 0) is 25.7 Å². The van der Waals surface area contributed by atoms with Gasteiger partial charge in [-0.25, -0.2) is 0 Å². The largest absolute Gasteiger partial charge is 0.493 e. The number of ketones is 1. The molecule has 0 unspecified atom stereocenters. The zero-order valence-corrected chi connectivity index (χ0v) is 10.2. The minimum absolute atomic E-state index is 0.0359. The number of rotatable bonds is 7. The van der Waals surface area contributed by atoms with Crippen molar-refractivity contribution in [1.82, 2.24) is 0 Å². The Hall–Kier alpha value is -0.960. The molecule has 0 fully saturated rings. The molecule has 0 radical (unpaired) electrons. The van der Waals surface area contributed by atoms with Gasteiger partial charge in [0.05, 0.1) is 5.76 Å². The Labute approximate surface area is 97.1 Å². The van der Waals surface area contributed by atoms with E-state index in [1.807, 2.05) is 25.2 Å². The van der Waals surface area contributed by atoms with Crippen molar-refractivity contribution in [1.29, 1.82) is 0 Å². The van der Waals surface area contributed by atoms with Crippen LogP contribution in [0.5, 0.6) is 0 Å². The molecule has 0 aromatic heterocycles. The Bertz CT molecular complexity index is 277. The van der Waals surface area contributed by atoms with E-state index >= 15 is 0 Å². The van der Waals surface area contributed by atoms with E-state index in [4.69, 9.17) is 4.74 Å². The lowest BCUT2D eigenvalue weighted by Gasteiger charge is -2.09. The van der Waals surface area contributed by atoms with Crippen LogP contribution in [0.2, 0.25) is 0 Å². The van der Waals surface area contributed by atoms with Gasteiger partial charge >= 0.3 is 0 Å². The maximum atomic E-state index is 10.9. The second-order valence-corrected chi connectivity index (χ2v) is 3.53. The number of allylic oxidation sites excluding steroid dienone is 4. The molecular formula is C12H18O2S. The molecule has 0 bridgehead atoms. The summed E-state index contributed by atoms with van der Waals surface area (Å²) in [6.07, 6.45) is 6.44. The maximum Gasteiger partial charge on any atom is 0.158 e. The van der Waals surface area contributed by atoms with Gasteiger partial charge in [0.25, 0.3) is 0 Å². The Morgan fingerprint density at radius 1 is 1.53 bits per heavy atom. The third-order valence-corrected chi connectivity index (χ3v) is 1.99. The van der Waals surface area contributed by atoms with Gasteiger partial charge in [-0.2, -0.15) is 12.6 Å². The maximum absolute atomic E-state index is 10.9. The third-order valence-electron chi connectivity index (χ3n) is 1.76. The van der Waals surface area contributed by atoms with Crippen LogP contribution in [0.3, 0.4) is 0 Å². The van der Waals surface area contributed by atoms with E-state index < -0.39 is 0 Å². The van der Waals surface area contributed by atoms with E-state index in [0.717, 1.165) is 17.9 Å². The van der Waals surface area contributed by atoms with Crippen LogP contribution >= 0.6 is 12.6 Å². The smallest absolute Gasteiger partial charge is 0.158 e. The van der Waals surface area contributed by atoms with Gasteiger partial charge in [-0.15, -0.1) is 0 Å². The van der Waals surface area contributed by atoms with E-state index in [1.54, 1.807) is 0 Å². The molecule has 84 valence electrons. The predicted octanol–water partition coefficient (Wildman–Crippen LogP) is 2.93. The summed E-state index contributed by atoms with van der Waals surface area (Å²) in [4.78, 5) is 10.9. The minimum Gasteiger partial charge on any atom is -0.493 e. The lowest BCUT2D eigenvalue weighted by Crippen LogP contribution is -2.04. The molecule has 0 aliphatic rings. The average molecular weight is 226 g/mol. The number of carbonyl (C=O) groups excluding carboxylic acids is 1. The van der Waals surface area contributed by atoms with Crippen molar-refractivity contribution in [3.63, 3.8) is 0 Å². The Morgan fingerprint density at radius 3 is 2.67 bits per heavy atom. The van der Waals surface area contributed by atoms with Crippen molar-refractivity contribution >= 4 is 18.4 Å². The molecule has 0 rings (SSSR count). The number of ether oxygens (including phenoxy) is 1. The molecule has 3 heteroatoms. The SMILES string of the molecule is C=C(CO/C(=C/C=C\C)CCS)C(C)=O. The van der Waals surface area contributed by atoms with Crippen LogP contribution in [0.4, 0.5) is 0 Å². The summed E-state index contributed by atoms with van der Waals surface area (Å²) in [6.45, 7) is 7.30. The molecule has 15 heavy (non-hydrogen) atoms. The molecule has 0 atom stereocenters. The number of Topliss-reactive ketones (excluding diaryl/α,β-unsaturated/α-hetero) is 1. The molecule has 0 spiro atoms. The third kappa shape index (κ3) is 7.03. The highest BCUT2D eigenvalue weighted by atomic mass is 32.1.